The number of nitrogens with zero attached hydrogens (tertiary/aromatic N) is 1. The first-order valence-electron chi connectivity index (χ1n) is 10.1. The number of nitrogens with one attached hydrogen (secondary N) is 1. The lowest BCUT2D eigenvalue weighted by Crippen LogP contribution is -2.29. The monoisotopic (exact) mass is 452 g/mol. The molecule has 1 amide bonds. The zero-order valence-corrected chi connectivity index (χ0v) is 18.9. The fourth-order valence-electron chi connectivity index (χ4n) is 3.39. The highest BCUT2D eigenvalue weighted by Gasteiger charge is 2.19. The van der Waals surface area contributed by atoms with Crippen LogP contribution in [-0.4, -0.2) is 27.4 Å². The predicted octanol–water partition coefficient (Wildman–Crippen LogP) is 4.25. The summed E-state index contributed by atoms with van der Waals surface area (Å²) in [7, 11) is -3.49. The zero-order valence-electron chi connectivity index (χ0n) is 18.1. The molecule has 1 N–H and O–H groups in total. The van der Waals surface area contributed by atoms with Gasteiger partial charge in [0.1, 0.15) is 0 Å². The summed E-state index contributed by atoms with van der Waals surface area (Å²) in [5, 5.41) is 2.83. The summed E-state index contributed by atoms with van der Waals surface area (Å²) < 4.78 is 36.8. The first-order valence-corrected chi connectivity index (χ1v) is 11.9. The minimum Gasteiger partial charge on any atom is -0.454 e. The normalized spacial score (nSPS) is 12.5. The molecule has 166 valence electrons. The molecule has 8 heteroatoms. The minimum atomic E-state index is -3.49. The van der Waals surface area contributed by atoms with Crippen molar-refractivity contribution >= 4 is 27.3 Å². The number of fused-ring (bicyclic) bond motifs is 1. The van der Waals surface area contributed by atoms with Crippen LogP contribution in [0.2, 0.25) is 0 Å². The van der Waals surface area contributed by atoms with Crippen LogP contribution in [0.25, 0.3) is 0 Å². The first kappa shape index (κ1) is 21.7. The van der Waals surface area contributed by atoms with Gasteiger partial charge in [0.15, 0.2) is 11.5 Å². The number of hydrogen-bond acceptors (Lipinski definition) is 5. The molecule has 0 atom stereocenters. The predicted molar refractivity (Wildman–Crippen MR) is 124 cm³/mol. The summed E-state index contributed by atoms with van der Waals surface area (Å²) in [4.78, 5) is 12.6. The maximum Gasteiger partial charge on any atom is 0.255 e. The average molecular weight is 453 g/mol. The Morgan fingerprint density at radius 2 is 1.66 bits per heavy atom. The van der Waals surface area contributed by atoms with Gasteiger partial charge in [0.25, 0.3) is 5.91 Å². The van der Waals surface area contributed by atoms with E-state index in [4.69, 9.17) is 9.47 Å². The number of ether oxygens (including phenoxy) is 2. The lowest BCUT2D eigenvalue weighted by Gasteiger charge is -2.23. The van der Waals surface area contributed by atoms with Crippen LogP contribution < -0.4 is 19.1 Å². The summed E-state index contributed by atoms with van der Waals surface area (Å²) in [6.45, 7) is 4.27. The smallest absolute Gasteiger partial charge is 0.255 e. The number of carbonyl (C=O) groups is 1. The number of rotatable bonds is 6. The topological polar surface area (TPSA) is 84.9 Å². The molecule has 3 aromatic rings. The Labute approximate surface area is 187 Å². The fourth-order valence-corrected chi connectivity index (χ4v) is 4.27. The number of amides is 1. The molecule has 0 fully saturated rings. The lowest BCUT2D eigenvalue weighted by molar-refractivity contribution is 0.102. The second kappa shape index (κ2) is 8.55. The van der Waals surface area contributed by atoms with E-state index < -0.39 is 10.0 Å². The summed E-state index contributed by atoms with van der Waals surface area (Å²) in [6.07, 6.45) is 1.19. The molecule has 4 rings (SSSR count). The third kappa shape index (κ3) is 4.70. The molecule has 1 aliphatic rings. The molecule has 0 spiro atoms. The molecule has 0 unspecified atom stereocenters. The highest BCUT2D eigenvalue weighted by atomic mass is 32.2. The summed E-state index contributed by atoms with van der Waals surface area (Å²) in [6, 6.07) is 17.6. The third-order valence-corrected chi connectivity index (χ3v) is 6.49. The number of benzene rings is 3. The standard InChI is InChI=1S/C24H24N2O5S/c1-16-4-10-21(12-17(16)2)26(32(3,28)29)14-18-5-7-19(8-6-18)24(27)25-20-9-11-22-23(13-20)31-15-30-22/h4-13H,14-15H2,1-3H3,(H,25,27). The van der Waals surface area contributed by atoms with Gasteiger partial charge in [0, 0.05) is 17.3 Å². The van der Waals surface area contributed by atoms with Crippen molar-refractivity contribution in [3.05, 3.63) is 82.9 Å². The van der Waals surface area contributed by atoms with Crippen LogP contribution in [0.4, 0.5) is 11.4 Å². The van der Waals surface area contributed by atoms with Crippen molar-refractivity contribution in [1.82, 2.24) is 0 Å². The highest BCUT2D eigenvalue weighted by Crippen LogP contribution is 2.34. The van der Waals surface area contributed by atoms with Crippen molar-refractivity contribution in [2.45, 2.75) is 20.4 Å². The van der Waals surface area contributed by atoms with Gasteiger partial charge in [0.05, 0.1) is 18.5 Å². The summed E-state index contributed by atoms with van der Waals surface area (Å²) in [5.41, 5.74) is 4.56. The van der Waals surface area contributed by atoms with E-state index in [1.165, 1.54) is 10.6 Å². The molecular weight excluding hydrogens is 428 g/mol. The van der Waals surface area contributed by atoms with Crippen molar-refractivity contribution in [2.24, 2.45) is 0 Å². The van der Waals surface area contributed by atoms with Crippen molar-refractivity contribution < 1.29 is 22.7 Å². The van der Waals surface area contributed by atoms with Crippen LogP contribution in [0, 0.1) is 13.8 Å². The van der Waals surface area contributed by atoms with Gasteiger partial charge in [-0.1, -0.05) is 18.2 Å². The molecule has 7 nitrogen and oxygen atoms in total. The molecule has 0 aliphatic carbocycles. The molecule has 0 saturated heterocycles. The Hall–Kier alpha value is -3.52. The van der Waals surface area contributed by atoms with Crippen LogP contribution in [0.3, 0.4) is 0 Å². The van der Waals surface area contributed by atoms with Gasteiger partial charge in [-0.2, -0.15) is 0 Å². The van der Waals surface area contributed by atoms with E-state index >= 15 is 0 Å². The van der Waals surface area contributed by atoms with E-state index in [-0.39, 0.29) is 19.2 Å². The fraction of sp³-hybridized carbons (Fsp3) is 0.208. The van der Waals surface area contributed by atoms with Gasteiger partial charge in [-0.25, -0.2) is 8.42 Å². The molecular formula is C24H24N2O5S. The third-order valence-electron chi connectivity index (χ3n) is 5.35. The van der Waals surface area contributed by atoms with Gasteiger partial charge >= 0.3 is 0 Å². The maximum atomic E-state index is 12.6. The van der Waals surface area contributed by atoms with Gasteiger partial charge in [0.2, 0.25) is 16.8 Å². The van der Waals surface area contributed by atoms with Gasteiger partial charge in [-0.05, 0) is 66.9 Å². The van der Waals surface area contributed by atoms with Gasteiger partial charge in [-0.15, -0.1) is 0 Å². The van der Waals surface area contributed by atoms with E-state index in [9.17, 15) is 13.2 Å². The van der Waals surface area contributed by atoms with Crippen LogP contribution in [0.15, 0.2) is 60.7 Å². The summed E-state index contributed by atoms with van der Waals surface area (Å²) >= 11 is 0. The van der Waals surface area contributed by atoms with Crippen LogP contribution in [0.1, 0.15) is 27.0 Å². The summed E-state index contributed by atoms with van der Waals surface area (Å²) in [5.74, 6) is 0.960. The molecule has 0 saturated carbocycles. The number of anilines is 2. The van der Waals surface area contributed by atoms with E-state index in [2.05, 4.69) is 5.32 Å². The van der Waals surface area contributed by atoms with Crippen LogP contribution >= 0.6 is 0 Å². The molecule has 0 aromatic heterocycles. The zero-order chi connectivity index (χ0) is 22.9. The van der Waals surface area contributed by atoms with Crippen LogP contribution in [-0.2, 0) is 16.6 Å². The Bertz CT molecular complexity index is 1270. The highest BCUT2D eigenvalue weighted by molar-refractivity contribution is 7.92. The van der Waals surface area contributed by atoms with Crippen LogP contribution in [0.5, 0.6) is 11.5 Å². The average Bonchev–Trinajstić information content (AvgIpc) is 3.21. The Balaban J connectivity index is 1.49. The minimum absolute atomic E-state index is 0.168. The number of carbonyl (C=O) groups excluding carboxylic acids is 1. The van der Waals surface area contributed by atoms with Gasteiger partial charge < -0.3 is 14.8 Å². The molecule has 0 radical (unpaired) electrons. The van der Waals surface area contributed by atoms with E-state index in [1.807, 2.05) is 26.0 Å². The molecule has 0 bridgehead atoms. The quantitative estimate of drug-likeness (QED) is 0.604. The molecule has 1 aliphatic heterocycles. The lowest BCUT2D eigenvalue weighted by atomic mass is 10.1. The second-order valence-electron chi connectivity index (χ2n) is 7.76. The number of aryl methyl sites for hydroxylation is 2. The largest absolute Gasteiger partial charge is 0.454 e. The number of hydrogen-bond donors (Lipinski definition) is 1. The van der Waals surface area contributed by atoms with E-state index in [0.29, 0.717) is 28.4 Å². The second-order valence-corrected chi connectivity index (χ2v) is 9.66. The Morgan fingerprint density at radius 3 is 2.34 bits per heavy atom. The molecule has 32 heavy (non-hydrogen) atoms. The van der Waals surface area contributed by atoms with Gasteiger partial charge in [-0.3, -0.25) is 9.10 Å². The van der Waals surface area contributed by atoms with Crippen molar-refractivity contribution in [3.8, 4) is 11.5 Å². The maximum absolute atomic E-state index is 12.6. The van der Waals surface area contributed by atoms with Crippen molar-refractivity contribution in [2.75, 3.05) is 22.7 Å². The first-order chi connectivity index (χ1) is 15.2. The van der Waals surface area contributed by atoms with E-state index in [1.54, 1.807) is 48.5 Å². The number of sulfonamides is 1. The van der Waals surface area contributed by atoms with E-state index in [0.717, 1.165) is 16.7 Å². The molecule has 1 heterocycles. The van der Waals surface area contributed by atoms with Crippen molar-refractivity contribution in [1.29, 1.82) is 0 Å². The Kier molecular flexibility index (Phi) is 5.80. The SMILES string of the molecule is Cc1ccc(N(Cc2ccc(C(=O)Nc3ccc4c(c3)OCO4)cc2)S(C)(=O)=O)cc1C. The Morgan fingerprint density at radius 1 is 0.938 bits per heavy atom. The molecule has 3 aromatic carbocycles. The van der Waals surface area contributed by atoms with Crippen molar-refractivity contribution in [3.63, 3.8) is 0 Å².